The summed E-state index contributed by atoms with van der Waals surface area (Å²) >= 11 is 9.66. The fraction of sp³-hybridized carbons (Fsp3) is 0.0769. The summed E-state index contributed by atoms with van der Waals surface area (Å²) in [6.45, 7) is 1.92. The Balaban J connectivity index is 2.25. The molecule has 1 aromatic heterocycles. The van der Waals surface area contributed by atoms with Gasteiger partial charge in [0.15, 0.2) is 0 Å². The molecule has 0 fully saturated rings. The molecular formula is C13H11BrN2OS2. The minimum atomic E-state index is -0.140. The topological polar surface area (TPSA) is 55.1 Å². The van der Waals surface area contributed by atoms with Gasteiger partial charge in [-0.3, -0.25) is 4.79 Å². The molecule has 1 heterocycles. The van der Waals surface area contributed by atoms with E-state index < -0.39 is 0 Å². The van der Waals surface area contributed by atoms with Crippen LogP contribution in [0.4, 0.5) is 5.69 Å². The second-order valence-corrected chi connectivity index (χ2v) is 6.85. The average Bonchev–Trinajstić information content (AvgIpc) is 2.78. The van der Waals surface area contributed by atoms with E-state index in [4.69, 9.17) is 18.0 Å². The van der Waals surface area contributed by atoms with Crippen LogP contribution in [0.25, 0.3) is 0 Å². The highest BCUT2D eigenvalue weighted by atomic mass is 79.9. The van der Waals surface area contributed by atoms with Crippen LogP contribution in [0, 0.1) is 6.92 Å². The van der Waals surface area contributed by atoms with Crippen molar-refractivity contribution < 1.29 is 4.79 Å². The van der Waals surface area contributed by atoms with E-state index in [1.165, 1.54) is 11.3 Å². The van der Waals surface area contributed by atoms with Crippen LogP contribution in [0.15, 0.2) is 34.1 Å². The lowest BCUT2D eigenvalue weighted by Gasteiger charge is -2.09. The van der Waals surface area contributed by atoms with Crippen LogP contribution in [0.5, 0.6) is 0 Å². The van der Waals surface area contributed by atoms with Crippen LogP contribution >= 0.6 is 39.5 Å². The van der Waals surface area contributed by atoms with Crippen molar-refractivity contribution in [3.05, 3.63) is 50.1 Å². The molecule has 3 N–H and O–H groups in total. The molecule has 0 spiro atoms. The quantitative estimate of drug-likeness (QED) is 0.826. The molecule has 0 unspecified atom stereocenters. The molecule has 98 valence electrons. The number of nitrogens with two attached hydrogens (primary N) is 1. The normalized spacial score (nSPS) is 10.2. The molecule has 0 saturated carbocycles. The van der Waals surface area contributed by atoms with Gasteiger partial charge < -0.3 is 11.1 Å². The first-order valence-corrected chi connectivity index (χ1v) is 7.46. The van der Waals surface area contributed by atoms with Gasteiger partial charge in [-0.1, -0.05) is 24.4 Å². The molecule has 3 nitrogen and oxygen atoms in total. The molecule has 0 aliphatic heterocycles. The van der Waals surface area contributed by atoms with Crippen LogP contribution in [0.3, 0.4) is 0 Å². The number of benzene rings is 1. The lowest BCUT2D eigenvalue weighted by atomic mass is 10.1. The van der Waals surface area contributed by atoms with Crippen LogP contribution in [-0.4, -0.2) is 10.9 Å². The highest BCUT2D eigenvalue weighted by molar-refractivity contribution is 9.11. The van der Waals surface area contributed by atoms with E-state index in [0.717, 1.165) is 20.6 Å². The van der Waals surface area contributed by atoms with Gasteiger partial charge in [0.2, 0.25) is 0 Å². The van der Waals surface area contributed by atoms with E-state index in [9.17, 15) is 4.79 Å². The lowest BCUT2D eigenvalue weighted by molar-refractivity contribution is 0.103. The van der Waals surface area contributed by atoms with E-state index >= 15 is 0 Å². The highest BCUT2D eigenvalue weighted by Gasteiger charge is 2.11. The molecular weight excluding hydrogens is 344 g/mol. The smallest absolute Gasteiger partial charge is 0.265 e. The number of carbonyl (C=O) groups excluding carboxylic acids is 1. The summed E-state index contributed by atoms with van der Waals surface area (Å²) in [5, 5.41) is 2.87. The molecule has 6 heteroatoms. The Morgan fingerprint density at radius 3 is 2.68 bits per heavy atom. The number of carbonyl (C=O) groups is 1. The Kier molecular flexibility index (Phi) is 4.34. The number of hydrogen-bond acceptors (Lipinski definition) is 3. The summed E-state index contributed by atoms with van der Waals surface area (Å²) in [4.78, 5) is 13.0. The standard InChI is InChI=1S/C13H11BrN2OS2/c1-7-2-3-8(12(15)18)6-9(7)16-13(17)10-4-5-11(14)19-10/h2-6H,1H3,(H2,15,18)(H,16,17). The van der Waals surface area contributed by atoms with Crippen molar-refractivity contribution >= 4 is 56.1 Å². The lowest BCUT2D eigenvalue weighted by Crippen LogP contribution is -2.14. The van der Waals surface area contributed by atoms with E-state index in [-0.39, 0.29) is 5.91 Å². The first-order chi connectivity index (χ1) is 8.97. The van der Waals surface area contributed by atoms with Gasteiger partial charge >= 0.3 is 0 Å². The van der Waals surface area contributed by atoms with Gasteiger partial charge in [-0.15, -0.1) is 11.3 Å². The molecule has 0 bridgehead atoms. The SMILES string of the molecule is Cc1ccc(C(N)=S)cc1NC(=O)c1ccc(Br)s1. The van der Waals surface area contributed by atoms with Crippen molar-refractivity contribution in [2.75, 3.05) is 5.32 Å². The van der Waals surface area contributed by atoms with Crippen molar-refractivity contribution in [3.63, 3.8) is 0 Å². The number of rotatable bonds is 3. The van der Waals surface area contributed by atoms with Gasteiger partial charge in [0.1, 0.15) is 4.99 Å². The maximum absolute atomic E-state index is 12.1. The molecule has 19 heavy (non-hydrogen) atoms. The van der Waals surface area contributed by atoms with Crippen LogP contribution in [0.2, 0.25) is 0 Å². The van der Waals surface area contributed by atoms with Crippen molar-refractivity contribution in [1.82, 2.24) is 0 Å². The van der Waals surface area contributed by atoms with Crippen LogP contribution in [-0.2, 0) is 0 Å². The number of nitrogens with one attached hydrogen (secondary N) is 1. The fourth-order valence-corrected chi connectivity index (χ4v) is 2.94. The molecule has 1 amide bonds. The Labute approximate surface area is 129 Å². The second kappa shape index (κ2) is 5.81. The summed E-state index contributed by atoms with van der Waals surface area (Å²) < 4.78 is 0.922. The van der Waals surface area contributed by atoms with Gasteiger partial charge in [0, 0.05) is 11.3 Å². The number of aryl methyl sites for hydroxylation is 1. The van der Waals surface area contributed by atoms with Crippen LogP contribution in [0.1, 0.15) is 20.8 Å². The maximum Gasteiger partial charge on any atom is 0.265 e. The van der Waals surface area contributed by atoms with Crippen molar-refractivity contribution in [2.24, 2.45) is 5.73 Å². The van der Waals surface area contributed by atoms with Crippen molar-refractivity contribution in [1.29, 1.82) is 0 Å². The Bertz CT molecular complexity index is 652. The summed E-state index contributed by atoms with van der Waals surface area (Å²) in [7, 11) is 0. The van der Waals surface area contributed by atoms with E-state index in [0.29, 0.717) is 9.87 Å². The molecule has 0 radical (unpaired) electrons. The third-order valence-corrected chi connectivity index (χ3v) is 4.43. The predicted molar refractivity (Wildman–Crippen MR) is 87.0 cm³/mol. The third-order valence-electron chi connectivity index (χ3n) is 2.57. The first kappa shape index (κ1) is 14.2. The number of anilines is 1. The molecule has 0 aliphatic carbocycles. The van der Waals surface area contributed by atoms with E-state index in [2.05, 4.69) is 21.2 Å². The van der Waals surface area contributed by atoms with Crippen molar-refractivity contribution in [3.8, 4) is 0 Å². The maximum atomic E-state index is 12.1. The molecule has 1 aromatic carbocycles. The zero-order valence-electron chi connectivity index (χ0n) is 10.1. The predicted octanol–water partition coefficient (Wildman–Crippen LogP) is 3.71. The summed E-state index contributed by atoms with van der Waals surface area (Å²) in [6.07, 6.45) is 0. The molecule has 2 rings (SSSR count). The average molecular weight is 355 g/mol. The van der Waals surface area contributed by atoms with Gasteiger partial charge in [-0.2, -0.15) is 0 Å². The second-order valence-electron chi connectivity index (χ2n) is 3.95. The largest absolute Gasteiger partial charge is 0.389 e. The summed E-state index contributed by atoms with van der Waals surface area (Å²) in [5.74, 6) is -0.140. The van der Waals surface area contributed by atoms with Crippen LogP contribution < -0.4 is 11.1 Å². The van der Waals surface area contributed by atoms with Crippen molar-refractivity contribution in [2.45, 2.75) is 6.92 Å². The first-order valence-electron chi connectivity index (χ1n) is 5.44. The summed E-state index contributed by atoms with van der Waals surface area (Å²) in [5.41, 5.74) is 8.02. The molecule has 0 atom stereocenters. The third kappa shape index (κ3) is 3.40. The number of halogens is 1. The fourth-order valence-electron chi connectivity index (χ4n) is 1.53. The Morgan fingerprint density at radius 2 is 2.11 bits per heavy atom. The van der Waals surface area contributed by atoms with Gasteiger partial charge in [0.05, 0.1) is 8.66 Å². The molecule has 0 aliphatic rings. The minimum absolute atomic E-state index is 0.140. The van der Waals surface area contributed by atoms with E-state index in [1.807, 2.05) is 25.1 Å². The summed E-state index contributed by atoms with van der Waals surface area (Å²) in [6, 6.07) is 9.14. The monoisotopic (exact) mass is 354 g/mol. The number of hydrogen-bond donors (Lipinski definition) is 2. The minimum Gasteiger partial charge on any atom is -0.389 e. The van der Waals surface area contributed by atoms with Gasteiger partial charge in [0.25, 0.3) is 5.91 Å². The zero-order chi connectivity index (χ0) is 14.0. The Morgan fingerprint density at radius 1 is 1.37 bits per heavy atom. The zero-order valence-corrected chi connectivity index (χ0v) is 13.3. The van der Waals surface area contributed by atoms with E-state index in [1.54, 1.807) is 12.1 Å². The van der Waals surface area contributed by atoms with Gasteiger partial charge in [-0.05, 0) is 46.6 Å². The highest BCUT2D eigenvalue weighted by Crippen LogP contribution is 2.24. The number of thiophene rings is 1. The Hall–Kier alpha value is -1.24. The molecule has 0 saturated heterocycles. The number of amides is 1. The number of thiocarbonyl (C=S) groups is 1. The van der Waals surface area contributed by atoms with Gasteiger partial charge in [-0.25, -0.2) is 0 Å². The molecule has 2 aromatic rings.